The number of rotatable bonds is 78. The van der Waals surface area contributed by atoms with Crippen molar-refractivity contribution < 1.29 is 42.1 Å². The highest BCUT2D eigenvalue weighted by molar-refractivity contribution is 7.47. The Morgan fingerprint density at radius 2 is 0.574 bits per heavy atom. The summed E-state index contributed by atoms with van der Waals surface area (Å²) in [5, 5.41) is 0. The first-order valence-electron chi connectivity index (χ1n) is 41.4. The Bertz CT molecular complexity index is 1720. The number of hydrogen-bond acceptors (Lipinski definition) is 7. The van der Waals surface area contributed by atoms with Crippen molar-refractivity contribution in [1.29, 1.82) is 0 Å². The Morgan fingerprint density at radius 1 is 0.330 bits per heavy atom. The molecule has 0 aliphatic heterocycles. The van der Waals surface area contributed by atoms with E-state index in [0.29, 0.717) is 23.9 Å². The first-order valence-corrected chi connectivity index (χ1v) is 42.9. The first kappa shape index (κ1) is 92.0. The molecule has 2 atom stereocenters. The van der Waals surface area contributed by atoms with Crippen molar-refractivity contribution in [3.63, 3.8) is 0 Å². The minimum Gasteiger partial charge on any atom is -0.462 e. The molecule has 0 aliphatic carbocycles. The third-order valence-corrected chi connectivity index (χ3v) is 19.8. The fourth-order valence-electron chi connectivity index (χ4n) is 12.5. The SMILES string of the molecule is CCCCCCC/C=C\C/C=C\CCCCCCCCCCCCCCCCCCCCCCCCCCCC(=O)OC(COC(=O)CCCCCCCCCCCCCCCCCCCCCCC/C=C\C/C=C\CCCCCCC)COP(=O)(O)OCC[N+](C)(C)C. The van der Waals surface area contributed by atoms with Crippen LogP contribution in [0.3, 0.4) is 0 Å². The lowest BCUT2D eigenvalue weighted by Crippen LogP contribution is -2.37. The van der Waals surface area contributed by atoms with E-state index < -0.39 is 26.5 Å². The number of likely N-dealkylation sites (N-methyl/N-ethyl adjacent to an activating group) is 1. The second-order valence-electron chi connectivity index (χ2n) is 29.5. The van der Waals surface area contributed by atoms with Crippen LogP contribution in [0.25, 0.3) is 0 Å². The Hall–Kier alpha value is -2.03. The number of quaternary nitrogens is 1. The molecule has 2 unspecified atom stereocenters. The summed E-state index contributed by atoms with van der Waals surface area (Å²) in [6, 6.07) is 0. The summed E-state index contributed by atoms with van der Waals surface area (Å²) in [6.07, 6.45) is 99.9. The highest BCUT2D eigenvalue weighted by Crippen LogP contribution is 2.43. The normalized spacial score (nSPS) is 13.2. The Labute approximate surface area is 585 Å². The Morgan fingerprint density at radius 3 is 0.840 bits per heavy atom. The first-order chi connectivity index (χ1) is 46.0. The van der Waals surface area contributed by atoms with Gasteiger partial charge in [-0.2, -0.15) is 0 Å². The predicted octanol–water partition coefficient (Wildman–Crippen LogP) is 27.5. The van der Waals surface area contributed by atoms with Crippen molar-refractivity contribution in [1.82, 2.24) is 0 Å². The second kappa shape index (κ2) is 75.2. The molecule has 0 aromatic heterocycles. The van der Waals surface area contributed by atoms with E-state index in [1.54, 1.807) is 0 Å². The quantitative estimate of drug-likeness (QED) is 0.0211. The summed E-state index contributed by atoms with van der Waals surface area (Å²) >= 11 is 0. The smallest absolute Gasteiger partial charge is 0.462 e. The minimum atomic E-state index is -4.39. The van der Waals surface area contributed by atoms with Crippen LogP contribution in [0.4, 0.5) is 0 Å². The fourth-order valence-corrected chi connectivity index (χ4v) is 13.2. The second-order valence-corrected chi connectivity index (χ2v) is 31.0. The van der Waals surface area contributed by atoms with Crippen LogP contribution in [0.5, 0.6) is 0 Å². The van der Waals surface area contributed by atoms with Crippen LogP contribution >= 0.6 is 7.82 Å². The van der Waals surface area contributed by atoms with Gasteiger partial charge in [-0.1, -0.05) is 383 Å². The van der Waals surface area contributed by atoms with Gasteiger partial charge in [-0.05, 0) is 77.0 Å². The van der Waals surface area contributed by atoms with E-state index in [1.807, 2.05) is 21.1 Å². The van der Waals surface area contributed by atoms with Crippen LogP contribution in [0.2, 0.25) is 0 Å². The molecular weight excluding hydrogens is 1180 g/mol. The van der Waals surface area contributed by atoms with Crippen LogP contribution in [0.15, 0.2) is 48.6 Å². The maximum absolute atomic E-state index is 12.9. The monoisotopic (exact) mass is 1340 g/mol. The van der Waals surface area contributed by atoms with E-state index in [1.165, 1.54) is 347 Å². The summed E-state index contributed by atoms with van der Waals surface area (Å²) in [7, 11) is 1.50. The summed E-state index contributed by atoms with van der Waals surface area (Å²) in [6.45, 7) is 4.49. The Balaban J connectivity index is 3.89. The van der Waals surface area contributed by atoms with Crippen molar-refractivity contribution in [2.45, 2.75) is 431 Å². The van der Waals surface area contributed by atoms with Crippen molar-refractivity contribution in [3.8, 4) is 0 Å². The molecule has 94 heavy (non-hydrogen) atoms. The van der Waals surface area contributed by atoms with Crippen molar-refractivity contribution in [3.05, 3.63) is 48.6 Å². The average molecular weight is 1340 g/mol. The van der Waals surface area contributed by atoms with Crippen molar-refractivity contribution in [2.24, 2.45) is 0 Å². The molecule has 0 aromatic rings. The van der Waals surface area contributed by atoms with Crippen LogP contribution in [-0.4, -0.2) is 74.9 Å². The van der Waals surface area contributed by atoms with E-state index in [9.17, 15) is 19.0 Å². The van der Waals surface area contributed by atoms with Gasteiger partial charge in [0.15, 0.2) is 6.10 Å². The highest BCUT2D eigenvalue weighted by Gasteiger charge is 2.27. The number of unbranched alkanes of at least 4 members (excludes halogenated alkanes) is 56. The van der Waals surface area contributed by atoms with Gasteiger partial charge in [-0.3, -0.25) is 18.6 Å². The van der Waals surface area contributed by atoms with Crippen molar-refractivity contribution in [2.75, 3.05) is 47.5 Å². The van der Waals surface area contributed by atoms with E-state index in [0.717, 1.165) is 44.9 Å². The third kappa shape index (κ3) is 79.0. The molecule has 554 valence electrons. The van der Waals surface area contributed by atoms with E-state index in [2.05, 4.69) is 62.5 Å². The van der Waals surface area contributed by atoms with E-state index >= 15 is 0 Å². The van der Waals surface area contributed by atoms with Crippen LogP contribution in [0.1, 0.15) is 425 Å². The van der Waals surface area contributed by atoms with Crippen LogP contribution < -0.4 is 0 Å². The molecule has 1 N–H and O–H groups in total. The molecule has 0 saturated carbocycles. The molecular formula is C84H161NO8P+. The standard InChI is InChI=1S/C84H160NO8P/c1-6-8-10-12-14-16-18-20-22-24-26-28-30-32-34-36-38-40-41-42-43-45-47-49-51-53-55-57-59-61-63-65-67-69-71-73-75-77-84(87)93-82(81-92-94(88,89)91-79-78-85(3,4)5)80-90-83(86)76-74-72-70-68-66-64-62-60-58-56-54-52-50-48-46-44-39-37-35-33-31-29-27-25-23-21-19-17-15-13-11-9-7-2/h18-21,24-27,82H,6-17,22-23,28-81H2,1-5H3/p+1/b20-18-,21-19-,26-24-,27-25-. The zero-order valence-electron chi connectivity index (χ0n) is 63.5. The van der Waals surface area contributed by atoms with Crippen molar-refractivity contribution >= 4 is 19.8 Å². The van der Waals surface area contributed by atoms with Crippen LogP contribution in [-0.2, 0) is 32.7 Å². The minimum absolute atomic E-state index is 0.0349. The molecule has 0 aliphatic rings. The van der Waals surface area contributed by atoms with Gasteiger partial charge < -0.3 is 18.9 Å². The molecule has 9 nitrogen and oxygen atoms in total. The number of nitrogens with zero attached hydrogens (tertiary/aromatic N) is 1. The maximum atomic E-state index is 12.9. The molecule has 0 spiro atoms. The Kier molecular flexibility index (Phi) is 73.6. The number of esters is 2. The largest absolute Gasteiger partial charge is 0.472 e. The number of hydrogen-bond donors (Lipinski definition) is 1. The summed E-state index contributed by atoms with van der Waals surface area (Å²) < 4.78 is 34.9. The molecule has 0 fully saturated rings. The molecule has 0 radical (unpaired) electrons. The molecule has 0 aromatic carbocycles. The number of carbonyl (C=O) groups excluding carboxylic acids is 2. The number of phosphoric ester groups is 1. The number of phosphoric acid groups is 1. The fraction of sp³-hybridized carbons (Fsp3) is 0.881. The van der Waals surface area contributed by atoms with Gasteiger partial charge in [0.05, 0.1) is 27.7 Å². The topological polar surface area (TPSA) is 108 Å². The van der Waals surface area contributed by atoms with Crippen LogP contribution in [0, 0.1) is 0 Å². The maximum Gasteiger partial charge on any atom is 0.472 e. The molecule has 0 rings (SSSR count). The lowest BCUT2D eigenvalue weighted by molar-refractivity contribution is -0.870. The van der Waals surface area contributed by atoms with Gasteiger partial charge >= 0.3 is 19.8 Å². The van der Waals surface area contributed by atoms with E-state index in [4.69, 9.17) is 18.5 Å². The van der Waals surface area contributed by atoms with Gasteiger partial charge in [0.25, 0.3) is 0 Å². The molecule has 0 heterocycles. The molecule has 0 saturated heterocycles. The van der Waals surface area contributed by atoms with Gasteiger partial charge in [0, 0.05) is 12.8 Å². The number of ether oxygens (including phenoxy) is 2. The lowest BCUT2D eigenvalue weighted by atomic mass is 10.0. The molecule has 0 amide bonds. The molecule has 10 heteroatoms. The summed E-state index contributed by atoms with van der Waals surface area (Å²) in [5.41, 5.74) is 0. The highest BCUT2D eigenvalue weighted by atomic mass is 31.2. The number of allylic oxidation sites excluding steroid dienone is 8. The van der Waals surface area contributed by atoms with E-state index in [-0.39, 0.29) is 25.6 Å². The van der Waals surface area contributed by atoms with Gasteiger partial charge in [-0.15, -0.1) is 0 Å². The predicted molar refractivity (Wildman–Crippen MR) is 409 cm³/mol. The average Bonchev–Trinajstić information content (AvgIpc) is 1.56. The summed E-state index contributed by atoms with van der Waals surface area (Å²) in [4.78, 5) is 36.0. The zero-order chi connectivity index (χ0) is 68.3. The van der Waals surface area contributed by atoms with Gasteiger partial charge in [0.1, 0.15) is 19.8 Å². The number of carbonyl (C=O) groups is 2. The lowest BCUT2D eigenvalue weighted by Gasteiger charge is -2.24. The third-order valence-electron chi connectivity index (χ3n) is 18.8. The van der Waals surface area contributed by atoms with Gasteiger partial charge in [0.2, 0.25) is 0 Å². The molecule has 0 bridgehead atoms. The zero-order valence-corrected chi connectivity index (χ0v) is 64.4. The van der Waals surface area contributed by atoms with Gasteiger partial charge in [-0.25, -0.2) is 4.57 Å². The summed E-state index contributed by atoms with van der Waals surface area (Å²) in [5.74, 6) is -0.771.